The summed E-state index contributed by atoms with van der Waals surface area (Å²) in [5.74, 6) is 0.644. The zero-order valence-corrected chi connectivity index (χ0v) is 9.71. The molecule has 0 aromatic heterocycles. The third-order valence-corrected chi connectivity index (χ3v) is 3.87. The molecule has 3 N–H and O–H groups in total. The fourth-order valence-corrected chi connectivity index (χ4v) is 2.83. The van der Waals surface area contributed by atoms with Crippen LogP contribution >= 0.6 is 0 Å². The molecule has 1 saturated carbocycles. The van der Waals surface area contributed by atoms with Gasteiger partial charge in [-0.2, -0.15) is 0 Å². The quantitative estimate of drug-likeness (QED) is 0.762. The molecule has 2 aliphatic rings. The molecule has 0 saturated heterocycles. The summed E-state index contributed by atoms with van der Waals surface area (Å²) in [7, 11) is 0. The first-order chi connectivity index (χ1) is 7.84. The molecule has 16 heavy (non-hydrogen) atoms. The second kappa shape index (κ2) is 4.10. The number of nitrogen functional groups attached to an aromatic ring is 1. The lowest BCUT2D eigenvalue weighted by atomic mass is 9.82. The number of anilines is 1. The number of nitrogens with two attached hydrogens (primary N) is 1. The molecule has 0 amide bonds. The molecule has 1 fully saturated rings. The minimum Gasteiger partial charge on any atom is -0.398 e. The molecule has 2 aliphatic carbocycles. The fraction of sp³-hybridized carbons (Fsp3) is 0.571. The van der Waals surface area contributed by atoms with Gasteiger partial charge in [-0.1, -0.05) is 12.1 Å². The first-order valence-corrected chi connectivity index (χ1v) is 6.45. The molecule has 0 spiro atoms. The molecule has 1 aromatic rings. The van der Waals surface area contributed by atoms with Gasteiger partial charge in [-0.3, -0.25) is 0 Å². The highest BCUT2D eigenvalue weighted by Crippen LogP contribution is 2.35. The first-order valence-electron chi connectivity index (χ1n) is 6.45. The second-order valence-corrected chi connectivity index (χ2v) is 5.19. The zero-order valence-electron chi connectivity index (χ0n) is 9.71. The SMILES string of the molecule is Nc1cccc2c1C(CNC1CC1)CCC2. The highest BCUT2D eigenvalue weighted by atomic mass is 14.9. The smallest absolute Gasteiger partial charge is 0.0352 e. The Bertz CT molecular complexity index is 382. The van der Waals surface area contributed by atoms with Crippen LogP contribution < -0.4 is 11.1 Å². The standard InChI is InChI=1S/C14H20N2/c15-13-6-2-4-10-3-1-5-11(14(10)13)9-16-12-7-8-12/h2,4,6,11-12,16H,1,3,5,7-9,15H2. The van der Waals surface area contributed by atoms with Crippen LogP contribution in [0.3, 0.4) is 0 Å². The average Bonchev–Trinajstić information content (AvgIpc) is 3.10. The van der Waals surface area contributed by atoms with Gasteiger partial charge in [0.25, 0.3) is 0 Å². The fourth-order valence-electron chi connectivity index (χ4n) is 2.83. The molecule has 86 valence electrons. The van der Waals surface area contributed by atoms with Crippen molar-refractivity contribution in [3.63, 3.8) is 0 Å². The van der Waals surface area contributed by atoms with Gasteiger partial charge in [0.05, 0.1) is 0 Å². The van der Waals surface area contributed by atoms with E-state index in [0.717, 1.165) is 18.3 Å². The van der Waals surface area contributed by atoms with Crippen molar-refractivity contribution in [2.24, 2.45) is 0 Å². The molecule has 0 heterocycles. The second-order valence-electron chi connectivity index (χ2n) is 5.19. The van der Waals surface area contributed by atoms with Crippen LogP contribution in [0.25, 0.3) is 0 Å². The Morgan fingerprint density at radius 1 is 1.25 bits per heavy atom. The van der Waals surface area contributed by atoms with Crippen LogP contribution in [0.4, 0.5) is 5.69 Å². The normalized spacial score (nSPS) is 24.1. The summed E-state index contributed by atoms with van der Waals surface area (Å²) in [6.07, 6.45) is 6.54. The van der Waals surface area contributed by atoms with Crippen molar-refractivity contribution in [3.05, 3.63) is 29.3 Å². The Kier molecular flexibility index (Phi) is 2.60. The summed E-state index contributed by atoms with van der Waals surface area (Å²) in [5.41, 5.74) is 10.0. The molecule has 0 aliphatic heterocycles. The first kappa shape index (κ1) is 10.2. The van der Waals surface area contributed by atoms with Crippen LogP contribution in [0, 0.1) is 0 Å². The molecular weight excluding hydrogens is 196 g/mol. The summed E-state index contributed by atoms with van der Waals surface area (Å²) in [5, 5.41) is 3.64. The van der Waals surface area contributed by atoms with E-state index in [-0.39, 0.29) is 0 Å². The van der Waals surface area contributed by atoms with E-state index in [4.69, 9.17) is 5.73 Å². The van der Waals surface area contributed by atoms with Crippen molar-refractivity contribution in [1.29, 1.82) is 0 Å². The van der Waals surface area contributed by atoms with E-state index < -0.39 is 0 Å². The minimum atomic E-state index is 0.644. The Morgan fingerprint density at radius 3 is 2.94 bits per heavy atom. The number of fused-ring (bicyclic) bond motifs is 1. The lowest BCUT2D eigenvalue weighted by molar-refractivity contribution is 0.507. The summed E-state index contributed by atoms with van der Waals surface area (Å²) < 4.78 is 0. The molecule has 0 radical (unpaired) electrons. The maximum Gasteiger partial charge on any atom is 0.0352 e. The summed E-state index contributed by atoms with van der Waals surface area (Å²) in [4.78, 5) is 0. The average molecular weight is 216 g/mol. The monoisotopic (exact) mass is 216 g/mol. The molecule has 1 unspecified atom stereocenters. The maximum absolute atomic E-state index is 6.13. The van der Waals surface area contributed by atoms with Crippen LogP contribution in [-0.4, -0.2) is 12.6 Å². The number of rotatable bonds is 3. The van der Waals surface area contributed by atoms with Crippen molar-refractivity contribution < 1.29 is 0 Å². The Morgan fingerprint density at radius 2 is 2.12 bits per heavy atom. The van der Waals surface area contributed by atoms with E-state index >= 15 is 0 Å². The van der Waals surface area contributed by atoms with Gasteiger partial charge in [-0.15, -0.1) is 0 Å². The van der Waals surface area contributed by atoms with Crippen molar-refractivity contribution >= 4 is 5.69 Å². The lowest BCUT2D eigenvalue weighted by Crippen LogP contribution is -2.26. The van der Waals surface area contributed by atoms with Crippen molar-refractivity contribution in [1.82, 2.24) is 5.32 Å². The molecule has 2 nitrogen and oxygen atoms in total. The molecular formula is C14H20N2. The number of hydrogen-bond donors (Lipinski definition) is 2. The van der Waals surface area contributed by atoms with E-state index in [1.54, 1.807) is 0 Å². The van der Waals surface area contributed by atoms with Gasteiger partial charge < -0.3 is 11.1 Å². The van der Waals surface area contributed by atoms with Gasteiger partial charge in [0, 0.05) is 18.3 Å². The van der Waals surface area contributed by atoms with Crippen LogP contribution in [0.1, 0.15) is 42.7 Å². The Balaban J connectivity index is 1.80. The molecule has 1 aromatic carbocycles. The maximum atomic E-state index is 6.13. The van der Waals surface area contributed by atoms with Gasteiger partial charge in [0.2, 0.25) is 0 Å². The predicted octanol–water partition coefficient (Wildman–Crippen LogP) is 2.44. The van der Waals surface area contributed by atoms with E-state index in [2.05, 4.69) is 17.4 Å². The van der Waals surface area contributed by atoms with Crippen molar-refractivity contribution in [2.75, 3.05) is 12.3 Å². The van der Waals surface area contributed by atoms with Crippen molar-refractivity contribution in [2.45, 2.75) is 44.1 Å². The molecule has 3 rings (SSSR count). The summed E-state index contributed by atoms with van der Waals surface area (Å²) in [6.45, 7) is 1.12. The minimum absolute atomic E-state index is 0.644. The largest absolute Gasteiger partial charge is 0.398 e. The van der Waals surface area contributed by atoms with Crippen LogP contribution in [0.2, 0.25) is 0 Å². The lowest BCUT2D eigenvalue weighted by Gasteiger charge is -2.27. The van der Waals surface area contributed by atoms with Crippen LogP contribution in [-0.2, 0) is 6.42 Å². The number of benzene rings is 1. The highest BCUT2D eigenvalue weighted by Gasteiger charge is 2.26. The number of aryl methyl sites for hydroxylation is 1. The van der Waals surface area contributed by atoms with Gasteiger partial charge >= 0.3 is 0 Å². The van der Waals surface area contributed by atoms with Crippen LogP contribution in [0.5, 0.6) is 0 Å². The third-order valence-electron chi connectivity index (χ3n) is 3.87. The van der Waals surface area contributed by atoms with Crippen LogP contribution in [0.15, 0.2) is 18.2 Å². The predicted molar refractivity (Wildman–Crippen MR) is 67.6 cm³/mol. The van der Waals surface area contributed by atoms with E-state index in [0.29, 0.717) is 5.92 Å². The topological polar surface area (TPSA) is 38.0 Å². The van der Waals surface area contributed by atoms with E-state index in [1.807, 2.05) is 6.07 Å². The van der Waals surface area contributed by atoms with Gasteiger partial charge in [0.1, 0.15) is 0 Å². The van der Waals surface area contributed by atoms with E-state index in [9.17, 15) is 0 Å². The summed E-state index contributed by atoms with van der Waals surface area (Å²) >= 11 is 0. The van der Waals surface area contributed by atoms with Gasteiger partial charge in [0.15, 0.2) is 0 Å². The Hall–Kier alpha value is -1.02. The number of hydrogen-bond acceptors (Lipinski definition) is 2. The molecule has 2 heteroatoms. The number of nitrogens with one attached hydrogen (secondary N) is 1. The molecule has 1 atom stereocenters. The highest BCUT2D eigenvalue weighted by molar-refractivity contribution is 5.54. The van der Waals surface area contributed by atoms with Crippen molar-refractivity contribution in [3.8, 4) is 0 Å². The zero-order chi connectivity index (χ0) is 11.0. The summed E-state index contributed by atoms with van der Waals surface area (Å²) in [6, 6.07) is 7.18. The molecule has 0 bridgehead atoms. The van der Waals surface area contributed by atoms with Gasteiger partial charge in [-0.25, -0.2) is 0 Å². The Labute approximate surface area is 97.2 Å². The third kappa shape index (κ3) is 1.94. The van der Waals surface area contributed by atoms with E-state index in [1.165, 1.54) is 43.2 Å². The van der Waals surface area contributed by atoms with Gasteiger partial charge in [-0.05, 0) is 55.2 Å².